The van der Waals surface area contributed by atoms with Crippen molar-refractivity contribution in [1.82, 2.24) is 0 Å². The van der Waals surface area contributed by atoms with E-state index < -0.39 is 0 Å². The molecule has 5 rings (SSSR count). The van der Waals surface area contributed by atoms with Crippen molar-refractivity contribution < 1.29 is 9.53 Å². The number of rotatable bonds is 0. The average molecular weight is 322 g/mol. The summed E-state index contributed by atoms with van der Waals surface area (Å²) in [4.78, 5) is 13.7. The van der Waals surface area contributed by atoms with E-state index in [-0.39, 0.29) is 11.3 Å². The molecule has 1 heterocycles. The van der Waals surface area contributed by atoms with Gasteiger partial charge in [-0.25, -0.2) is 0 Å². The summed E-state index contributed by atoms with van der Waals surface area (Å²) in [5.41, 5.74) is 11.2. The third-order valence-electron chi connectivity index (χ3n) is 7.34. The standard InChI is InChI=1S/C22H26O2/c1-12-4-8-19-21(23)20-14-6-5-13(14)16-10-24-11-17(16)15(20)7-9-18(12)22(19,2)3/h19H,4-11H2,1-3H3. The van der Waals surface area contributed by atoms with Gasteiger partial charge in [0.15, 0.2) is 5.78 Å². The second-order valence-electron chi connectivity index (χ2n) is 8.70. The van der Waals surface area contributed by atoms with Gasteiger partial charge in [-0.3, -0.25) is 4.79 Å². The Morgan fingerprint density at radius 3 is 2.21 bits per heavy atom. The van der Waals surface area contributed by atoms with E-state index in [1.165, 1.54) is 33.4 Å². The molecule has 0 N–H and O–H groups in total. The number of hydrogen-bond acceptors (Lipinski definition) is 2. The molecular weight excluding hydrogens is 296 g/mol. The lowest BCUT2D eigenvalue weighted by Crippen LogP contribution is -2.39. The smallest absolute Gasteiger partial charge is 0.167 e. The van der Waals surface area contributed by atoms with Crippen molar-refractivity contribution in [2.24, 2.45) is 11.3 Å². The van der Waals surface area contributed by atoms with E-state index in [0.29, 0.717) is 12.4 Å². The number of hydrogen-bond donors (Lipinski definition) is 0. The van der Waals surface area contributed by atoms with Gasteiger partial charge in [-0.05, 0) is 78.7 Å². The van der Waals surface area contributed by atoms with E-state index in [9.17, 15) is 4.79 Å². The first-order valence-corrected chi connectivity index (χ1v) is 9.49. The molecule has 0 radical (unpaired) electrons. The van der Waals surface area contributed by atoms with Crippen LogP contribution in [0.3, 0.4) is 0 Å². The zero-order valence-corrected chi connectivity index (χ0v) is 15.1. The van der Waals surface area contributed by atoms with Gasteiger partial charge >= 0.3 is 0 Å². The van der Waals surface area contributed by atoms with E-state index in [1.54, 1.807) is 5.57 Å². The minimum absolute atomic E-state index is 0.0171. The van der Waals surface area contributed by atoms with Gasteiger partial charge in [-0.2, -0.15) is 0 Å². The second kappa shape index (κ2) is 4.82. The van der Waals surface area contributed by atoms with Crippen molar-refractivity contribution >= 4 is 5.78 Å². The van der Waals surface area contributed by atoms with Gasteiger partial charge in [0, 0.05) is 11.5 Å². The van der Waals surface area contributed by atoms with Crippen molar-refractivity contribution in [3.05, 3.63) is 44.5 Å². The van der Waals surface area contributed by atoms with Crippen LogP contribution in [-0.4, -0.2) is 5.78 Å². The van der Waals surface area contributed by atoms with Crippen molar-refractivity contribution in [2.45, 2.75) is 72.5 Å². The van der Waals surface area contributed by atoms with E-state index in [1.807, 2.05) is 0 Å². The van der Waals surface area contributed by atoms with Crippen LogP contribution in [0.2, 0.25) is 0 Å². The maximum Gasteiger partial charge on any atom is 0.167 e. The van der Waals surface area contributed by atoms with Crippen molar-refractivity contribution in [3.63, 3.8) is 0 Å². The van der Waals surface area contributed by atoms with Gasteiger partial charge in [0.1, 0.15) is 0 Å². The van der Waals surface area contributed by atoms with Crippen LogP contribution in [0.4, 0.5) is 0 Å². The van der Waals surface area contributed by atoms with E-state index in [0.717, 1.165) is 50.7 Å². The molecule has 4 aliphatic rings. The molecule has 126 valence electrons. The molecule has 3 aliphatic carbocycles. The van der Waals surface area contributed by atoms with Gasteiger partial charge in [0.05, 0.1) is 13.2 Å². The molecule has 0 saturated heterocycles. The summed E-state index contributed by atoms with van der Waals surface area (Å²) in [6.07, 6.45) is 6.47. The molecule has 1 unspecified atom stereocenters. The van der Waals surface area contributed by atoms with E-state index >= 15 is 0 Å². The number of carbonyl (C=O) groups is 1. The maximum absolute atomic E-state index is 13.7. The van der Waals surface area contributed by atoms with E-state index in [4.69, 9.17) is 4.74 Å². The normalized spacial score (nSPS) is 27.0. The minimum atomic E-state index is 0.0171. The maximum atomic E-state index is 13.7. The predicted molar refractivity (Wildman–Crippen MR) is 94.2 cm³/mol. The molecule has 0 saturated carbocycles. The fourth-order valence-corrected chi connectivity index (χ4v) is 5.91. The van der Waals surface area contributed by atoms with Gasteiger partial charge < -0.3 is 4.74 Å². The molecule has 1 aliphatic heterocycles. The Balaban J connectivity index is 1.77. The number of carbonyl (C=O) groups excluding carboxylic acids is 1. The fourth-order valence-electron chi connectivity index (χ4n) is 5.91. The Kier molecular flexibility index (Phi) is 2.99. The molecular formula is C22H26O2. The summed E-state index contributed by atoms with van der Waals surface area (Å²) in [7, 11) is 0. The number of ketones is 1. The summed E-state index contributed by atoms with van der Waals surface area (Å²) < 4.78 is 5.79. The van der Waals surface area contributed by atoms with Gasteiger partial charge in [0.25, 0.3) is 0 Å². The molecule has 24 heavy (non-hydrogen) atoms. The summed E-state index contributed by atoms with van der Waals surface area (Å²) in [6.45, 7) is 8.37. The van der Waals surface area contributed by atoms with Crippen molar-refractivity contribution in [3.8, 4) is 0 Å². The molecule has 0 aromatic heterocycles. The average Bonchev–Trinajstić information content (AvgIpc) is 2.94. The minimum Gasteiger partial charge on any atom is -0.372 e. The topological polar surface area (TPSA) is 26.3 Å². The largest absolute Gasteiger partial charge is 0.372 e. The highest BCUT2D eigenvalue weighted by Crippen LogP contribution is 2.51. The molecule has 1 aromatic rings. The first-order chi connectivity index (χ1) is 11.5. The molecule has 2 nitrogen and oxygen atoms in total. The first kappa shape index (κ1) is 14.9. The lowest BCUT2D eigenvalue weighted by atomic mass is 9.59. The van der Waals surface area contributed by atoms with Crippen LogP contribution in [0.1, 0.15) is 78.2 Å². The number of fused-ring (bicyclic) bond motifs is 8. The highest BCUT2D eigenvalue weighted by atomic mass is 16.5. The molecule has 0 spiro atoms. The molecule has 1 atom stereocenters. The van der Waals surface area contributed by atoms with E-state index in [2.05, 4.69) is 20.8 Å². The molecule has 2 bridgehead atoms. The SMILES string of the molecule is CC1=C2CCc3c4c(c5c(c3C(=O)C(CC1)C2(C)C)CC5)COC4. The lowest BCUT2D eigenvalue weighted by Gasteiger charge is -2.44. The van der Waals surface area contributed by atoms with Crippen LogP contribution in [0.25, 0.3) is 0 Å². The second-order valence-corrected chi connectivity index (χ2v) is 8.70. The highest BCUT2D eigenvalue weighted by molar-refractivity contribution is 6.03. The Morgan fingerprint density at radius 2 is 1.50 bits per heavy atom. The summed E-state index contributed by atoms with van der Waals surface area (Å²) in [5, 5.41) is 0. The Labute approximate surface area is 144 Å². The number of Topliss-reactive ketones (excluding diaryl/α,β-unsaturated/α-hetero) is 1. The summed E-state index contributed by atoms with van der Waals surface area (Å²) in [6, 6.07) is 0. The number of allylic oxidation sites excluding steroid dienone is 2. The molecule has 2 heteroatoms. The predicted octanol–water partition coefficient (Wildman–Crippen LogP) is 4.70. The third kappa shape index (κ3) is 1.73. The number of ether oxygens (including phenoxy) is 1. The Bertz CT molecular complexity index is 810. The van der Waals surface area contributed by atoms with Crippen LogP contribution in [0.15, 0.2) is 11.1 Å². The fraction of sp³-hybridized carbons (Fsp3) is 0.591. The highest BCUT2D eigenvalue weighted by Gasteiger charge is 2.45. The zero-order valence-electron chi connectivity index (χ0n) is 15.1. The summed E-state index contributed by atoms with van der Waals surface area (Å²) >= 11 is 0. The van der Waals surface area contributed by atoms with Crippen LogP contribution in [0, 0.1) is 11.3 Å². The molecule has 1 aromatic carbocycles. The molecule has 0 amide bonds. The van der Waals surface area contributed by atoms with Gasteiger partial charge in [-0.15, -0.1) is 0 Å². The Morgan fingerprint density at radius 1 is 0.875 bits per heavy atom. The number of benzene rings is 1. The first-order valence-electron chi connectivity index (χ1n) is 9.49. The van der Waals surface area contributed by atoms with Crippen LogP contribution in [0.5, 0.6) is 0 Å². The van der Waals surface area contributed by atoms with Gasteiger partial charge in [0.2, 0.25) is 0 Å². The van der Waals surface area contributed by atoms with Crippen molar-refractivity contribution in [1.29, 1.82) is 0 Å². The van der Waals surface area contributed by atoms with Crippen LogP contribution >= 0.6 is 0 Å². The van der Waals surface area contributed by atoms with Gasteiger partial charge in [-0.1, -0.05) is 25.0 Å². The Hall–Kier alpha value is -1.41. The molecule has 0 fully saturated rings. The third-order valence-corrected chi connectivity index (χ3v) is 7.34. The zero-order chi connectivity index (χ0) is 16.6. The lowest BCUT2D eigenvalue weighted by molar-refractivity contribution is 0.0794. The monoisotopic (exact) mass is 322 g/mol. The van der Waals surface area contributed by atoms with Crippen molar-refractivity contribution in [2.75, 3.05) is 0 Å². The van der Waals surface area contributed by atoms with Crippen LogP contribution < -0.4 is 0 Å². The summed E-state index contributed by atoms with van der Waals surface area (Å²) in [5.74, 6) is 0.589. The quantitative estimate of drug-likeness (QED) is 0.647. The van der Waals surface area contributed by atoms with Crippen LogP contribution in [-0.2, 0) is 37.2 Å².